The standard InChI is InChI=1S/C23H22F3N3O2/c1-15-11-13-17(14-12-15)20(30)28-22(23(24,25)26)21(31)29(18-9-5-6-10-18)19(27-22)16-7-3-2-4-8-16/h2-4,7-8,11-14,18H,5-6,9-10H2,1H3,(H,28,30)/t22-/m0/s1. The Hall–Kier alpha value is -3.16. The number of carbonyl (C=O) groups excluding carboxylic acids is 2. The van der Waals surface area contributed by atoms with Crippen LogP contribution in [-0.2, 0) is 4.79 Å². The number of aryl methyl sites for hydroxylation is 1. The maximum absolute atomic E-state index is 14.4. The molecule has 0 aromatic heterocycles. The van der Waals surface area contributed by atoms with Crippen molar-refractivity contribution in [2.24, 2.45) is 4.99 Å². The molecule has 2 aromatic carbocycles. The first-order chi connectivity index (χ1) is 14.7. The Bertz CT molecular complexity index is 1010. The minimum atomic E-state index is -5.11. The fourth-order valence-electron chi connectivity index (χ4n) is 4.10. The van der Waals surface area contributed by atoms with Gasteiger partial charge < -0.3 is 5.32 Å². The van der Waals surface area contributed by atoms with Crippen LogP contribution in [0.25, 0.3) is 0 Å². The number of halogens is 3. The molecule has 1 heterocycles. The SMILES string of the molecule is Cc1ccc(C(=O)N[C@@]2(C(F)(F)F)N=C(c3ccccc3)N(C3CCCC3)C2=O)cc1. The molecule has 4 rings (SSSR count). The van der Waals surface area contributed by atoms with Gasteiger partial charge in [0.1, 0.15) is 5.84 Å². The van der Waals surface area contributed by atoms with Gasteiger partial charge in [-0.15, -0.1) is 0 Å². The normalized spacial score (nSPS) is 22.0. The third-order valence-corrected chi connectivity index (χ3v) is 5.77. The fourth-order valence-corrected chi connectivity index (χ4v) is 4.10. The molecule has 1 fully saturated rings. The van der Waals surface area contributed by atoms with E-state index in [1.165, 1.54) is 12.1 Å². The molecule has 2 aliphatic rings. The van der Waals surface area contributed by atoms with E-state index < -0.39 is 23.7 Å². The van der Waals surface area contributed by atoms with Crippen LogP contribution in [0.15, 0.2) is 59.6 Å². The topological polar surface area (TPSA) is 61.8 Å². The van der Waals surface area contributed by atoms with E-state index >= 15 is 0 Å². The fraction of sp³-hybridized carbons (Fsp3) is 0.348. The van der Waals surface area contributed by atoms with E-state index in [-0.39, 0.29) is 17.4 Å². The van der Waals surface area contributed by atoms with Gasteiger partial charge in [0.15, 0.2) is 0 Å². The third kappa shape index (κ3) is 3.71. The number of nitrogens with zero attached hydrogens (tertiary/aromatic N) is 2. The Balaban J connectivity index is 1.80. The van der Waals surface area contributed by atoms with Crippen molar-refractivity contribution in [2.75, 3.05) is 0 Å². The summed E-state index contributed by atoms with van der Waals surface area (Å²) in [4.78, 5) is 31.1. The Labute approximate surface area is 178 Å². The van der Waals surface area contributed by atoms with Crippen LogP contribution in [0.5, 0.6) is 0 Å². The van der Waals surface area contributed by atoms with Crippen molar-refractivity contribution in [2.45, 2.75) is 50.5 Å². The van der Waals surface area contributed by atoms with Gasteiger partial charge in [0, 0.05) is 17.2 Å². The lowest BCUT2D eigenvalue weighted by molar-refractivity contribution is -0.196. The van der Waals surface area contributed by atoms with Crippen LogP contribution in [0, 0.1) is 6.92 Å². The van der Waals surface area contributed by atoms with Gasteiger partial charge in [0.05, 0.1) is 0 Å². The number of amides is 2. The number of carbonyl (C=O) groups is 2. The number of aliphatic imine (C=N–C) groups is 1. The molecule has 2 amide bonds. The van der Waals surface area contributed by atoms with Crippen molar-refractivity contribution in [3.05, 3.63) is 71.3 Å². The van der Waals surface area contributed by atoms with E-state index in [9.17, 15) is 22.8 Å². The first-order valence-electron chi connectivity index (χ1n) is 10.2. The smallest absolute Gasteiger partial charge is 0.312 e. The maximum Gasteiger partial charge on any atom is 0.442 e. The molecule has 0 spiro atoms. The predicted molar refractivity (Wildman–Crippen MR) is 110 cm³/mol. The first kappa shape index (κ1) is 21.1. The molecule has 0 bridgehead atoms. The van der Waals surface area contributed by atoms with Crippen molar-refractivity contribution < 1.29 is 22.8 Å². The molecular formula is C23H22F3N3O2. The van der Waals surface area contributed by atoms with Crippen molar-refractivity contribution in [1.82, 2.24) is 10.2 Å². The summed E-state index contributed by atoms with van der Waals surface area (Å²) in [7, 11) is 0. The van der Waals surface area contributed by atoms with Crippen LogP contribution in [0.3, 0.4) is 0 Å². The minimum Gasteiger partial charge on any atom is -0.312 e. The summed E-state index contributed by atoms with van der Waals surface area (Å²) in [6.45, 7) is 1.80. The molecule has 0 radical (unpaired) electrons. The second-order valence-electron chi connectivity index (χ2n) is 7.94. The van der Waals surface area contributed by atoms with E-state index in [2.05, 4.69) is 4.99 Å². The second-order valence-corrected chi connectivity index (χ2v) is 7.94. The highest BCUT2D eigenvalue weighted by Gasteiger charge is 2.68. The number of hydrogen-bond acceptors (Lipinski definition) is 3. The largest absolute Gasteiger partial charge is 0.442 e. The molecule has 162 valence electrons. The van der Waals surface area contributed by atoms with E-state index in [1.807, 2.05) is 5.32 Å². The van der Waals surface area contributed by atoms with Crippen LogP contribution in [0.4, 0.5) is 13.2 Å². The number of nitrogens with one attached hydrogen (secondary N) is 1. The number of hydrogen-bond donors (Lipinski definition) is 1. The predicted octanol–water partition coefficient (Wildman–Crippen LogP) is 4.22. The Morgan fingerprint density at radius 1 is 1.06 bits per heavy atom. The van der Waals surface area contributed by atoms with Crippen LogP contribution < -0.4 is 5.32 Å². The molecule has 5 nitrogen and oxygen atoms in total. The summed E-state index contributed by atoms with van der Waals surface area (Å²) in [5, 5.41) is 1.93. The highest BCUT2D eigenvalue weighted by Crippen LogP contribution is 2.41. The molecule has 1 aliphatic carbocycles. The van der Waals surface area contributed by atoms with Crippen molar-refractivity contribution >= 4 is 17.6 Å². The molecule has 0 unspecified atom stereocenters. The van der Waals surface area contributed by atoms with Gasteiger partial charge in [-0.1, -0.05) is 60.9 Å². The lowest BCUT2D eigenvalue weighted by Gasteiger charge is -2.31. The van der Waals surface area contributed by atoms with Gasteiger partial charge >= 0.3 is 11.8 Å². The molecule has 1 N–H and O–H groups in total. The maximum atomic E-state index is 14.4. The molecule has 2 aromatic rings. The van der Waals surface area contributed by atoms with Crippen molar-refractivity contribution in [3.8, 4) is 0 Å². The summed E-state index contributed by atoms with van der Waals surface area (Å²) < 4.78 is 43.2. The minimum absolute atomic E-state index is 0.0257. The molecule has 31 heavy (non-hydrogen) atoms. The molecule has 1 aliphatic heterocycles. The lowest BCUT2D eigenvalue weighted by atomic mass is 10.1. The summed E-state index contributed by atoms with van der Waals surface area (Å²) >= 11 is 0. The summed E-state index contributed by atoms with van der Waals surface area (Å²) in [6, 6.07) is 14.0. The van der Waals surface area contributed by atoms with E-state index in [0.29, 0.717) is 18.4 Å². The zero-order valence-electron chi connectivity index (χ0n) is 16.9. The Kier molecular flexibility index (Phi) is 5.33. The van der Waals surface area contributed by atoms with Gasteiger partial charge in [0.2, 0.25) is 0 Å². The average Bonchev–Trinajstić information content (AvgIpc) is 3.36. The Morgan fingerprint density at radius 2 is 1.68 bits per heavy atom. The van der Waals surface area contributed by atoms with Crippen LogP contribution in [0.1, 0.15) is 47.2 Å². The first-order valence-corrected chi connectivity index (χ1v) is 10.2. The van der Waals surface area contributed by atoms with Gasteiger partial charge in [-0.05, 0) is 31.9 Å². The van der Waals surface area contributed by atoms with E-state index in [0.717, 1.165) is 23.3 Å². The van der Waals surface area contributed by atoms with Crippen LogP contribution in [-0.4, -0.2) is 40.4 Å². The molecule has 0 saturated heterocycles. The number of benzene rings is 2. The van der Waals surface area contributed by atoms with Crippen molar-refractivity contribution in [1.29, 1.82) is 0 Å². The van der Waals surface area contributed by atoms with Gasteiger partial charge in [0.25, 0.3) is 11.8 Å². The number of amidine groups is 1. The summed E-state index contributed by atoms with van der Waals surface area (Å²) in [5.74, 6) is -2.32. The molecule has 1 atom stereocenters. The van der Waals surface area contributed by atoms with Crippen molar-refractivity contribution in [3.63, 3.8) is 0 Å². The summed E-state index contributed by atoms with van der Waals surface area (Å²) in [6.07, 6.45) is -2.27. The lowest BCUT2D eigenvalue weighted by Crippen LogP contribution is -2.64. The number of alkyl halides is 3. The summed E-state index contributed by atoms with van der Waals surface area (Å²) in [5.41, 5.74) is -2.07. The second kappa shape index (κ2) is 7.83. The van der Waals surface area contributed by atoms with E-state index in [1.54, 1.807) is 49.4 Å². The highest BCUT2D eigenvalue weighted by atomic mass is 19.4. The van der Waals surface area contributed by atoms with Crippen LogP contribution >= 0.6 is 0 Å². The molecular weight excluding hydrogens is 407 g/mol. The quantitative estimate of drug-likeness (QED) is 0.791. The zero-order valence-corrected chi connectivity index (χ0v) is 16.9. The molecule has 8 heteroatoms. The molecule has 1 saturated carbocycles. The Morgan fingerprint density at radius 3 is 2.26 bits per heavy atom. The third-order valence-electron chi connectivity index (χ3n) is 5.77. The average molecular weight is 429 g/mol. The zero-order chi connectivity index (χ0) is 22.2. The van der Waals surface area contributed by atoms with E-state index in [4.69, 9.17) is 0 Å². The number of rotatable bonds is 4. The van der Waals surface area contributed by atoms with Gasteiger partial charge in [-0.2, -0.15) is 13.2 Å². The highest BCUT2D eigenvalue weighted by molar-refractivity contribution is 6.17. The van der Waals surface area contributed by atoms with Gasteiger partial charge in [-0.3, -0.25) is 14.5 Å². The van der Waals surface area contributed by atoms with Crippen LogP contribution in [0.2, 0.25) is 0 Å². The monoisotopic (exact) mass is 429 g/mol. The van der Waals surface area contributed by atoms with Gasteiger partial charge in [-0.25, -0.2) is 4.99 Å².